The Labute approximate surface area is 115 Å². The van der Waals surface area contributed by atoms with Crippen molar-refractivity contribution in [3.8, 4) is 0 Å². The van der Waals surface area contributed by atoms with E-state index in [1.165, 1.54) is 12.8 Å². The van der Waals surface area contributed by atoms with Gasteiger partial charge in [-0.15, -0.1) is 0 Å². The lowest BCUT2D eigenvalue weighted by molar-refractivity contribution is -0.182. The van der Waals surface area contributed by atoms with Crippen molar-refractivity contribution >= 4 is 5.84 Å². The lowest BCUT2D eigenvalue weighted by atomic mass is 9.95. The first-order chi connectivity index (χ1) is 8.65. The van der Waals surface area contributed by atoms with Gasteiger partial charge in [-0.05, 0) is 46.0 Å². The second-order valence-electron chi connectivity index (χ2n) is 7.53. The number of hydrogen-bond donors (Lipinski definition) is 2. The van der Waals surface area contributed by atoms with Crippen molar-refractivity contribution in [2.24, 2.45) is 16.3 Å². The molecule has 0 aromatic carbocycles. The lowest BCUT2D eigenvalue weighted by Gasteiger charge is -2.48. The van der Waals surface area contributed by atoms with Crippen LogP contribution in [0.15, 0.2) is 5.16 Å². The second kappa shape index (κ2) is 4.63. The monoisotopic (exact) mass is 269 g/mol. The van der Waals surface area contributed by atoms with Gasteiger partial charge in [0.15, 0.2) is 0 Å². The minimum Gasteiger partial charge on any atom is -0.409 e. The van der Waals surface area contributed by atoms with E-state index in [-0.39, 0.29) is 16.6 Å². The molecular weight excluding hydrogens is 242 g/mol. The third kappa shape index (κ3) is 3.83. The zero-order valence-electron chi connectivity index (χ0n) is 12.6. The fourth-order valence-electron chi connectivity index (χ4n) is 3.52. The average Bonchev–Trinajstić information content (AvgIpc) is 2.92. The van der Waals surface area contributed by atoms with Crippen LogP contribution in [0.25, 0.3) is 0 Å². The Balaban J connectivity index is 1.99. The van der Waals surface area contributed by atoms with Crippen LogP contribution in [-0.4, -0.2) is 46.8 Å². The van der Waals surface area contributed by atoms with Gasteiger partial charge in [-0.3, -0.25) is 4.90 Å². The first kappa shape index (κ1) is 14.6. The number of nitrogens with two attached hydrogens (primary N) is 1. The molecule has 0 unspecified atom stereocenters. The molecule has 1 saturated carbocycles. The Hall–Kier alpha value is -0.810. The summed E-state index contributed by atoms with van der Waals surface area (Å²) in [6, 6.07) is 0. The van der Waals surface area contributed by atoms with E-state index in [1.807, 2.05) is 0 Å². The Morgan fingerprint density at radius 1 is 1.21 bits per heavy atom. The maximum Gasteiger partial charge on any atom is 0.139 e. The molecule has 2 aliphatic rings. The van der Waals surface area contributed by atoms with Crippen LogP contribution in [0, 0.1) is 5.41 Å². The summed E-state index contributed by atoms with van der Waals surface area (Å²) in [7, 11) is 0. The topological polar surface area (TPSA) is 71.1 Å². The number of nitrogens with zero attached hydrogens (tertiary/aromatic N) is 2. The summed E-state index contributed by atoms with van der Waals surface area (Å²) in [5.41, 5.74) is 5.66. The normalized spacial score (nSPS) is 29.2. The molecule has 0 spiro atoms. The van der Waals surface area contributed by atoms with Gasteiger partial charge in [0.05, 0.1) is 11.2 Å². The molecule has 1 saturated heterocycles. The third-order valence-corrected chi connectivity index (χ3v) is 3.96. The van der Waals surface area contributed by atoms with E-state index in [0.29, 0.717) is 12.3 Å². The average molecular weight is 269 g/mol. The van der Waals surface area contributed by atoms with Gasteiger partial charge in [0.1, 0.15) is 5.84 Å². The van der Waals surface area contributed by atoms with E-state index < -0.39 is 0 Å². The molecule has 1 heterocycles. The summed E-state index contributed by atoms with van der Waals surface area (Å²) in [5, 5.41) is 11.8. The van der Waals surface area contributed by atoms with Crippen LogP contribution in [0.5, 0.6) is 0 Å². The van der Waals surface area contributed by atoms with Crippen LogP contribution in [0.1, 0.15) is 47.0 Å². The van der Waals surface area contributed by atoms with Crippen LogP contribution in [0.2, 0.25) is 0 Å². The Bertz CT molecular complexity index is 357. The van der Waals surface area contributed by atoms with Gasteiger partial charge >= 0.3 is 0 Å². The van der Waals surface area contributed by atoms with Crippen molar-refractivity contribution < 1.29 is 9.94 Å². The first-order valence-corrected chi connectivity index (χ1v) is 7.04. The highest BCUT2D eigenvalue weighted by atomic mass is 16.5. The quantitative estimate of drug-likeness (QED) is 0.353. The minimum atomic E-state index is -0.117. The van der Waals surface area contributed by atoms with Gasteiger partial charge in [0, 0.05) is 26.1 Å². The summed E-state index contributed by atoms with van der Waals surface area (Å²) < 4.78 is 6.10. The molecule has 3 N–H and O–H groups in total. The molecule has 0 atom stereocenters. The molecule has 1 aliphatic heterocycles. The summed E-state index contributed by atoms with van der Waals surface area (Å²) >= 11 is 0. The molecule has 5 heteroatoms. The molecule has 0 radical (unpaired) electrons. The predicted octanol–water partition coefficient (Wildman–Crippen LogP) is 1.79. The Kier molecular flexibility index (Phi) is 3.56. The predicted molar refractivity (Wildman–Crippen MR) is 75.4 cm³/mol. The van der Waals surface area contributed by atoms with Crippen LogP contribution in [-0.2, 0) is 4.74 Å². The fourth-order valence-corrected chi connectivity index (χ4v) is 3.52. The number of ether oxygens (including phenoxy) is 1. The molecule has 110 valence electrons. The van der Waals surface area contributed by atoms with Crippen LogP contribution >= 0.6 is 0 Å². The zero-order valence-corrected chi connectivity index (χ0v) is 12.6. The van der Waals surface area contributed by atoms with E-state index >= 15 is 0 Å². The number of oxime groups is 1. The van der Waals surface area contributed by atoms with Crippen LogP contribution in [0.4, 0.5) is 0 Å². The highest BCUT2D eigenvalue weighted by Crippen LogP contribution is 2.50. The second-order valence-corrected chi connectivity index (χ2v) is 7.53. The van der Waals surface area contributed by atoms with Crippen molar-refractivity contribution in [2.45, 2.75) is 58.2 Å². The minimum absolute atomic E-state index is 0.117. The first-order valence-electron chi connectivity index (χ1n) is 7.04. The molecule has 5 nitrogen and oxygen atoms in total. The van der Waals surface area contributed by atoms with Crippen molar-refractivity contribution in [1.82, 2.24) is 4.90 Å². The molecule has 1 aliphatic carbocycles. The van der Waals surface area contributed by atoms with Crippen LogP contribution < -0.4 is 5.73 Å². The SMILES string of the molecule is CC1(C)CN(CC2(CC(N)=NO)CC2)CC(C)(C)O1. The summed E-state index contributed by atoms with van der Waals surface area (Å²) in [6.07, 6.45) is 3.03. The van der Waals surface area contributed by atoms with E-state index in [1.54, 1.807) is 0 Å². The van der Waals surface area contributed by atoms with E-state index in [2.05, 4.69) is 37.8 Å². The van der Waals surface area contributed by atoms with Crippen LogP contribution in [0.3, 0.4) is 0 Å². The molecule has 0 aromatic heterocycles. The highest BCUT2D eigenvalue weighted by molar-refractivity contribution is 5.80. The van der Waals surface area contributed by atoms with Gasteiger partial charge in [-0.2, -0.15) is 0 Å². The van der Waals surface area contributed by atoms with Crippen molar-refractivity contribution in [3.05, 3.63) is 0 Å². The maximum absolute atomic E-state index is 8.73. The van der Waals surface area contributed by atoms with Crippen molar-refractivity contribution in [1.29, 1.82) is 0 Å². The standard InChI is InChI=1S/C14H27N3O2/c1-12(2)8-17(9-13(3,4)19-12)10-14(5-6-14)7-11(15)16-18/h18H,5-10H2,1-4H3,(H2,15,16). The molecule has 19 heavy (non-hydrogen) atoms. The maximum atomic E-state index is 8.73. The molecule has 2 fully saturated rings. The third-order valence-electron chi connectivity index (χ3n) is 3.96. The number of morpholine rings is 1. The van der Waals surface area contributed by atoms with Crippen molar-refractivity contribution in [2.75, 3.05) is 19.6 Å². The smallest absolute Gasteiger partial charge is 0.139 e. The number of hydrogen-bond acceptors (Lipinski definition) is 4. The van der Waals surface area contributed by atoms with E-state index in [9.17, 15) is 0 Å². The summed E-state index contributed by atoms with van der Waals surface area (Å²) in [6.45, 7) is 11.5. The summed E-state index contributed by atoms with van der Waals surface area (Å²) in [5.74, 6) is 0.351. The summed E-state index contributed by atoms with van der Waals surface area (Å²) in [4.78, 5) is 2.47. The lowest BCUT2D eigenvalue weighted by Crippen LogP contribution is -2.58. The number of rotatable bonds is 4. The van der Waals surface area contributed by atoms with Gasteiger partial charge in [0.25, 0.3) is 0 Å². The van der Waals surface area contributed by atoms with Gasteiger partial charge in [-0.25, -0.2) is 0 Å². The Morgan fingerprint density at radius 3 is 2.16 bits per heavy atom. The van der Waals surface area contributed by atoms with Gasteiger partial charge < -0.3 is 15.7 Å². The Morgan fingerprint density at radius 2 is 1.74 bits per heavy atom. The molecule has 0 bridgehead atoms. The molecule has 2 rings (SSSR count). The molecule has 0 amide bonds. The zero-order chi connectivity index (χ0) is 14.3. The van der Waals surface area contributed by atoms with Crippen molar-refractivity contribution in [3.63, 3.8) is 0 Å². The largest absolute Gasteiger partial charge is 0.409 e. The fraction of sp³-hybridized carbons (Fsp3) is 0.929. The highest BCUT2D eigenvalue weighted by Gasteiger charge is 2.47. The molecular formula is C14H27N3O2. The van der Waals surface area contributed by atoms with E-state index in [4.69, 9.17) is 15.7 Å². The molecule has 0 aromatic rings. The van der Waals surface area contributed by atoms with E-state index in [0.717, 1.165) is 19.6 Å². The van der Waals surface area contributed by atoms with Gasteiger partial charge in [0.2, 0.25) is 0 Å². The number of amidine groups is 1. The van der Waals surface area contributed by atoms with Gasteiger partial charge in [-0.1, -0.05) is 5.16 Å².